The summed E-state index contributed by atoms with van der Waals surface area (Å²) < 4.78 is 12.9. The molecule has 0 radical (unpaired) electrons. The Morgan fingerprint density at radius 1 is 1.35 bits per heavy atom. The molecule has 1 unspecified atom stereocenters. The van der Waals surface area contributed by atoms with Crippen LogP contribution in [-0.4, -0.2) is 35.5 Å². The van der Waals surface area contributed by atoms with Gasteiger partial charge in [-0.1, -0.05) is 12.1 Å². The van der Waals surface area contributed by atoms with E-state index in [1.807, 2.05) is 37.4 Å². The number of carboxylic acid groups (broad SMARTS) is 1. The molecule has 5 heteroatoms. The number of benzene rings is 1. The molecule has 2 aromatic rings. The first-order valence-corrected chi connectivity index (χ1v) is 7.92. The van der Waals surface area contributed by atoms with Crippen LogP contribution in [0.15, 0.2) is 36.5 Å². The van der Waals surface area contributed by atoms with Crippen LogP contribution in [-0.2, 0) is 11.3 Å². The van der Waals surface area contributed by atoms with E-state index < -0.39 is 5.97 Å². The predicted octanol–water partition coefficient (Wildman–Crippen LogP) is 3.29. The van der Waals surface area contributed by atoms with Crippen molar-refractivity contribution in [2.45, 2.75) is 19.9 Å². The minimum absolute atomic E-state index is 0.309. The quantitative estimate of drug-likeness (QED) is 0.888. The van der Waals surface area contributed by atoms with Crippen molar-refractivity contribution >= 4 is 5.97 Å². The van der Waals surface area contributed by atoms with Gasteiger partial charge in [0.2, 0.25) is 0 Å². The maximum atomic E-state index is 11.2. The Hall–Kier alpha value is -2.27. The molecule has 5 nitrogen and oxygen atoms in total. The van der Waals surface area contributed by atoms with E-state index in [1.54, 1.807) is 10.6 Å². The number of aromatic nitrogens is 1. The summed E-state index contributed by atoms with van der Waals surface area (Å²) in [7, 11) is 0. The minimum atomic E-state index is -0.906. The summed E-state index contributed by atoms with van der Waals surface area (Å²) in [5, 5.41) is 9.22. The van der Waals surface area contributed by atoms with Gasteiger partial charge in [0.05, 0.1) is 13.2 Å². The standard InChI is InChI=1S/C18H21NO4/c1-2-19-10-15(9-17(19)18(20)21)14-3-5-16(6-4-14)23-12-13-7-8-22-11-13/h3-6,9-10,13H,2,7-8,11-12H2,1H3,(H,20,21). The number of rotatable bonds is 6. The van der Waals surface area contributed by atoms with Crippen molar-refractivity contribution in [2.75, 3.05) is 19.8 Å². The molecular formula is C18H21NO4. The van der Waals surface area contributed by atoms with E-state index in [0.717, 1.165) is 36.5 Å². The average molecular weight is 315 g/mol. The zero-order chi connectivity index (χ0) is 16.2. The third-order valence-corrected chi connectivity index (χ3v) is 4.15. The van der Waals surface area contributed by atoms with Crippen LogP contribution in [0, 0.1) is 5.92 Å². The molecule has 1 aromatic heterocycles. The van der Waals surface area contributed by atoms with E-state index in [0.29, 0.717) is 24.8 Å². The Balaban J connectivity index is 1.70. The molecule has 0 aliphatic carbocycles. The summed E-state index contributed by atoms with van der Waals surface area (Å²) >= 11 is 0. The van der Waals surface area contributed by atoms with E-state index >= 15 is 0 Å². The van der Waals surface area contributed by atoms with Crippen LogP contribution in [0.25, 0.3) is 11.1 Å². The molecule has 1 aromatic carbocycles. The number of nitrogens with zero attached hydrogens (tertiary/aromatic N) is 1. The number of hydrogen-bond donors (Lipinski definition) is 1. The molecule has 23 heavy (non-hydrogen) atoms. The van der Waals surface area contributed by atoms with Crippen LogP contribution < -0.4 is 4.74 Å². The molecule has 0 spiro atoms. The minimum Gasteiger partial charge on any atom is -0.493 e. The fourth-order valence-electron chi connectivity index (χ4n) is 2.78. The first kappa shape index (κ1) is 15.6. The lowest BCUT2D eigenvalue weighted by molar-refractivity contribution is 0.0685. The Labute approximate surface area is 135 Å². The number of aromatic carboxylic acids is 1. The van der Waals surface area contributed by atoms with Crippen LogP contribution in [0.4, 0.5) is 0 Å². The van der Waals surface area contributed by atoms with Crippen molar-refractivity contribution in [3.63, 3.8) is 0 Å². The molecule has 1 atom stereocenters. The van der Waals surface area contributed by atoms with Crippen molar-refractivity contribution < 1.29 is 19.4 Å². The van der Waals surface area contributed by atoms with Crippen molar-refractivity contribution in [3.8, 4) is 16.9 Å². The van der Waals surface area contributed by atoms with E-state index in [4.69, 9.17) is 9.47 Å². The Morgan fingerprint density at radius 3 is 2.70 bits per heavy atom. The molecule has 0 bridgehead atoms. The molecule has 1 N–H and O–H groups in total. The van der Waals surface area contributed by atoms with Gasteiger partial charge in [0.15, 0.2) is 0 Å². The second-order valence-electron chi connectivity index (χ2n) is 5.77. The van der Waals surface area contributed by atoms with Gasteiger partial charge in [-0.2, -0.15) is 0 Å². The monoisotopic (exact) mass is 315 g/mol. The Morgan fingerprint density at radius 2 is 2.13 bits per heavy atom. The third-order valence-electron chi connectivity index (χ3n) is 4.15. The van der Waals surface area contributed by atoms with Crippen LogP contribution in [0.2, 0.25) is 0 Å². The van der Waals surface area contributed by atoms with Crippen molar-refractivity contribution in [2.24, 2.45) is 5.92 Å². The predicted molar refractivity (Wildman–Crippen MR) is 86.9 cm³/mol. The normalized spacial score (nSPS) is 17.3. The first-order chi connectivity index (χ1) is 11.2. The lowest BCUT2D eigenvalue weighted by Gasteiger charge is -2.10. The molecule has 1 aliphatic heterocycles. The molecule has 2 heterocycles. The van der Waals surface area contributed by atoms with Gasteiger partial charge in [0.1, 0.15) is 11.4 Å². The van der Waals surface area contributed by atoms with Gasteiger partial charge >= 0.3 is 5.97 Å². The van der Waals surface area contributed by atoms with E-state index in [1.165, 1.54) is 0 Å². The van der Waals surface area contributed by atoms with Gasteiger partial charge in [0.25, 0.3) is 0 Å². The topological polar surface area (TPSA) is 60.7 Å². The number of aryl methyl sites for hydroxylation is 1. The van der Waals surface area contributed by atoms with Gasteiger partial charge in [-0.3, -0.25) is 0 Å². The van der Waals surface area contributed by atoms with Crippen LogP contribution >= 0.6 is 0 Å². The zero-order valence-electron chi connectivity index (χ0n) is 13.2. The van der Waals surface area contributed by atoms with E-state index in [-0.39, 0.29) is 0 Å². The average Bonchev–Trinajstić information content (AvgIpc) is 3.22. The lowest BCUT2D eigenvalue weighted by atomic mass is 10.1. The third kappa shape index (κ3) is 3.56. The highest BCUT2D eigenvalue weighted by Crippen LogP contribution is 2.25. The number of carboxylic acids is 1. The molecule has 0 amide bonds. The van der Waals surface area contributed by atoms with Crippen LogP contribution in [0.3, 0.4) is 0 Å². The first-order valence-electron chi connectivity index (χ1n) is 7.92. The van der Waals surface area contributed by atoms with Gasteiger partial charge in [0, 0.05) is 30.8 Å². The van der Waals surface area contributed by atoms with Crippen molar-refractivity contribution in [1.82, 2.24) is 4.57 Å². The second-order valence-corrected chi connectivity index (χ2v) is 5.77. The maximum Gasteiger partial charge on any atom is 0.352 e. The molecule has 3 rings (SSSR count). The molecule has 0 saturated carbocycles. The molecular weight excluding hydrogens is 294 g/mol. The smallest absolute Gasteiger partial charge is 0.352 e. The highest BCUT2D eigenvalue weighted by atomic mass is 16.5. The van der Waals surface area contributed by atoms with Gasteiger partial charge in [-0.15, -0.1) is 0 Å². The van der Waals surface area contributed by atoms with Crippen molar-refractivity contribution in [1.29, 1.82) is 0 Å². The molecule has 1 aliphatic rings. The summed E-state index contributed by atoms with van der Waals surface area (Å²) in [5.74, 6) is 0.400. The SMILES string of the molecule is CCn1cc(-c2ccc(OCC3CCOC3)cc2)cc1C(=O)O. The van der Waals surface area contributed by atoms with E-state index in [9.17, 15) is 9.90 Å². The molecule has 1 fully saturated rings. The second kappa shape index (κ2) is 6.87. The van der Waals surface area contributed by atoms with Crippen LogP contribution in [0.1, 0.15) is 23.8 Å². The van der Waals surface area contributed by atoms with E-state index in [2.05, 4.69) is 0 Å². The largest absolute Gasteiger partial charge is 0.493 e. The zero-order valence-corrected chi connectivity index (χ0v) is 13.2. The number of carbonyl (C=O) groups is 1. The number of hydrogen-bond acceptors (Lipinski definition) is 3. The highest BCUT2D eigenvalue weighted by molar-refractivity contribution is 5.88. The Kier molecular flexibility index (Phi) is 4.67. The summed E-state index contributed by atoms with van der Waals surface area (Å²) in [6.45, 7) is 4.84. The summed E-state index contributed by atoms with van der Waals surface area (Å²) in [5.41, 5.74) is 2.19. The summed E-state index contributed by atoms with van der Waals surface area (Å²) in [6, 6.07) is 9.48. The maximum absolute atomic E-state index is 11.2. The van der Waals surface area contributed by atoms with Crippen LogP contribution in [0.5, 0.6) is 5.75 Å². The van der Waals surface area contributed by atoms with Gasteiger partial charge < -0.3 is 19.1 Å². The summed E-state index contributed by atoms with van der Waals surface area (Å²) in [6.07, 6.45) is 2.93. The molecule has 122 valence electrons. The van der Waals surface area contributed by atoms with Gasteiger partial charge in [-0.05, 0) is 37.1 Å². The summed E-state index contributed by atoms with van der Waals surface area (Å²) in [4.78, 5) is 11.2. The number of ether oxygens (including phenoxy) is 2. The van der Waals surface area contributed by atoms with Crippen molar-refractivity contribution in [3.05, 3.63) is 42.2 Å². The van der Waals surface area contributed by atoms with Gasteiger partial charge in [-0.25, -0.2) is 4.79 Å². The lowest BCUT2D eigenvalue weighted by Crippen LogP contribution is -2.11. The highest BCUT2D eigenvalue weighted by Gasteiger charge is 2.16. The fraction of sp³-hybridized carbons (Fsp3) is 0.389. The molecule has 1 saturated heterocycles. The fourth-order valence-corrected chi connectivity index (χ4v) is 2.78. The Bertz CT molecular complexity index is 669.